The Labute approximate surface area is 94.2 Å². The Morgan fingerprint density at radius 2 is 1.50 bits per heavy atom. The van der Waals surface area contributed by atoms with Crippen molar-refractivity contribution in [3.8, 4) is 0 Å². The van der Waals surface area contributed by atoms with Gasteiger partial charge in [0.05, 0.1) is 11.5 Å². The molecule has 0 aliphatic rings. The fourth-order valence-corrected chi connectivity index (χ4v) is 2.44. The van der Waals surface area contributed by atoms with Gasteiger partial charge in [0.2, 0.25) is 0 Å². The van der Waals surface area contributed by atoms with Crippen molar-refractivity contribution in [2.75, 3.05) is 12.5 Å². The first-order chi connectivity index (χ1) is 6.45. The molecule has 0 spiro atoms. The van der Waals surface area contributed by atoms with E-state index in [9.17, 15) is 0 Å². The van der Waals surface area contributed by atoms with E-state index in [0.29, 0.717) is 17.7 Å². The van der Waals surface area contributed by atoms with E-state index in [2.05, 4.69) is 27.7 Å². The maximum Gasteiger partial charge on any atom is 0.0821 e. The van der Waals surface area contributed by atoms with Gasteiger partial charge in [0.1, 0.15) is 0 Å². The van der Waals surface area contributed by atoms with E-state index in [1.165, 1.54) is 0 Å². The van der Waals surface area contributed by atoms with Crippen molar-refractivity contribution in [2.24, 2.45) is 11.8 Å². The molecule has 0 bridgehead atoms. The van der Waals surface area contributed by atoms with Gasteiger partial charge in [-0.15, -0.1) is 11.6 Å². The summed E-state index contributed by atoms with van der Waals surface area (Å²) in [6, 6.07) is 0. The third-order valence-electron chi connectivity index (χ3n) is 2.25. The first-order valence-corrected chi connectivity index (χ1v) is 6.19. The van der Waals surface area contributed by atoms with Crippen LogP contribution in [0, 0.1) is 11.8 Å². The Balaban J connectivity index is 4.42. The summed E-state index contributed by atoms with van der Waals surface area (Å²) in [7, 11) is 0. The van der Waals surface area contributed by atoms with Crippen LogP contribution < -0.4 is 0 Å². The number of ether oxygens (including phenoxy) is 1. The second-order valence-electron chi connectivity index (χ2n) is 4.95. The fourth-order valence-electron chi connectivity index (χ4n) is 2.14. The molecular formula is C12H25ClO. The lowest BCUT2D eigenvalue weighted by molar-refractivity contribution is -0.0498. The van der Waals surface area contributed by atoms with Gasteiger partial charge in [-0.3, -0.25) is 0 Å². The molecule has 0 aliphatic carbocycles. The minimum atomic E-state index is -0.0986. The molecule has 14 heavy (non-hydrogen) atoms. The third-order valence-corrected chi connectivity index (χ3v) is 2.74. The monoisotopic (exact) mass is 220 g/mol. The molecule has 0 amide bonds. The van der Waals surface area contributed by atoms with Gasteiger partial charge in [-0.25, -0.2) is 0 Å². The van der Waals surface area contributed by atoms with Gasteiger partial charge in [-0.2, -0.15) is 0 Å². The summed E-state index contributed by atoms with van der Waals surface area (Å²) in [5, 5.41) is 0. The Bertz CT molecular complexity index is 133. The highest BCUT2D eigenvalue weighted by Gasteiger charge is 2.31. The average molecular weight is 221 g/mol. The molecule has 0 atom stereocenters. The van der Waals surface area contributed by atoms with Crippen molar-refractivity contribution in [2.45, 2.75) is 53.1 Å². The van der Waals surface area contributed by atoms with E-state index < -0.39 is 0 Å². The smallest absolute Gasteiger partial charge is 0.0821 e. The predicted molar refractivity (Wildman–Crippen MR) is 64.0 cm³/mol. The van der Waals surface area contributed by atoms with Gasteiger partial charge in [-0.05, 0) is 31.6 Å². The van der Waals surface area contributed by atoms with Crippen LogP contribution in [0.3, 0.4) is 0 Å². The van der Waals surface area contributed by atoms with Crippen LogP contribution in [0.4, 0.5) is 0 Å². The summed E-state index contributed by atoms with van der Waals surface area (Å²) in [5.41, 5.74) is -0.0986. The summed E-state index contributed by atoms with van der Waals surface area (Å²) in [4.78, 5) is 0. The third kappa shape index (κ3) is 5.21. The summed E-state index contributed by atoms with van der Waals surface area (Å²) >= 11 is 6.07. The molecule has 1 nitrogen and oxygen atoms in total. The Morgan fingerprint density at radius 1 is 1.07 bits per heavy atom. The zero-order valence-electron chi connectivity index (χ0n) is 10.3. The quantitative estimate of drug-likeness (QED) is 0.588. The summed E-state index contributed by atoms with van der Waals surface area (Å²) in [6.07, 6.45) is 2.12. The average Bonchev–Trinajstić information content (AvgIpc) is 2.02. The SMILES string of the molecule is CCOC(CCl)(CC(C)C)CC(C)C. The van der Waals surface area contributed by atoms with E-state index in [1.807, 2.05) is 6.92 Å². The Hall–Kier alpha value is 0.250. The molecule has 0 radical (unpaired) electrons. The van der Waals surface area contributed by atoms with Crippen molar-refractivity contribution in [3.05, 3.63) is 0 Å². The number of alkyl halides is 1. The number of hydrogen-bond acceptors (Lipinski definition) is 1. The van der Waals surface area contributed by atoms with Crippen molar-refractivity contribution in [1.29, 1.82) is 0 Å². The highest BCUT2D eigenvalue weighted by molar-refractivity contribution is 6.18. The van der Waals surface area contributed by atoms with E-state index >= 15 is 0 Å². The normalized spacial score (nSPS) is 12.9. The maximum absolute atomic E-state index is 6.07. The minimum absolute atomic E-state index is 0.0986. The van der Waals surface area contributed by atoms with Crippen molar-refractivity contribution < 1.29 is 4.74 Å². The van der Waals surface area contributed by atoms with Crippen molar-refractivity contribution >= 4 is 11.6 Å². The molecule has 0 saturated heterocycles. The van der Waals surface area contributed by atoms with Gasteiger partial charge in [-0.1, -0.05) is 27.7 Å². The molecule has 0 saturated carbocycles. The summed E-state index contributed by atoms with van der Waals surface area (Å²) in [6.45, 7) is 11.7. The Morgan fingerprint density at radius 3 is 1.71 bits per heavy atom. The topological polar surface area (TPSA) is 9.23 Å². The highest BCUT2D eigenvalue weighted by Crippen LogP contribution is 2.30. The van der Waals surface area contributed by atoms with E-state index in [1.54, 1.807) is 0 Å². The number of halogens is 1. The second kappa shape index (κ2) is 6.68. The van der Waals surface area contributed by atoms with Gasteiger partial charge in [0.25, 0.3) is 0 Å². The molecule has 0 aromatic carbocycles. The van der Waals surface area contributed by atoms with E-state index in [-0.39, 0.29) is 5.60 Å². The van der Waals surface area contributed by atoms with Crippen LogP contribution in [0.5, 0.6) is 0 Å². The van der Waals surface area contributed by atoms with E-state index in [0.717, 1.165) is 19.4 Å². The first kappa shape index (κ1) is 14.2. The molecule has 0 aliphatic heterocycles. The largest absolute Gasteiger partial charge is 0.374 e. The van der Waals surface area contributed by atoms with Crippen LogP contribution in [0.25, 0.3) is 0 Å². The fraction of sp³-hybridized carbons (Fsp3) is 1.00. The summed E-state index contributed by atoms with van der Waals surface area (Å²) < 4.78 is 5.87. The lowest BCUT2D eigenvalue weighted by Crippen LogP contribution is -2.38. The van der Waals surface area contributed by atoms with Gasteiger partial charge in [0, 0.05) is 6.61 Å². The molecular weight excluding hydrogens is 196 g/mol. The molecule has 0 heterocycles. The van der Waals surface area contributed by atoms with Crippen LogP contribution in [0.2, 0.25) is 0 Å². The molecule has 86 valence electrons. The maximum atomic E-state index is 6.07. The van der Waals surface area contributed by atoms with Crippen LogP contribution in [0.1, 0.15) is 47.5 Å². The van der Waals surface area contributed by atoms with Crippen LogP contribution in [-0.2, 0) is 4.74 Å². The molecule has 0 unspecified atom stereocenters. The first-order valence-electron chi connectivity index (χ1n) is 5.65. The van der Waals surface area contributed by atoms with Gasteiger partial charge in [0.15, 0.2) is 0 Å². The molecule has 0 aromatic heterocycles. The molecule has 0 fully saturated rings. The van der Waals surface area contributed by atoms with Crippen molar-refractivity contribution in [3.63, 3.8) is 0 Å². The van der Waals surface area contributed by atoms with Gasteiger partial charge >= 0.3 is 0 Å². The van der Waals surface area contributed by atoms with Crippen LogP contribution in [0.15, 0.2) is 0 Å². The number of rotatable bonds is 7. The Kier molecular flexibility index (Phi) is 6.80. The lowest BCUT2D eigenvalue weighted by Gasteiger charge is -2.34. The standard InChI is InChI=1S/C12H25ClO/c1-6-14-12(9-13,7-10(2)3)8-11(4)5/h10-11H,6-9H2,1-5H3. The molecule has 0 aromatic rings. The number of hydrogen-bond donors (Lipinski definition) is 0. The molecule has 0 N–H and O–H groups in total. The second-order valence-corrected chi connectivity index (χ2v) is 5.21. The van der Waals surface area contributed by atoms with Crippen LogP contribution in [-0.4, -0.2) is 18.1 Å². The van der Waals surface area contributed by atoms with Crippen molar-refractivity contribution in [1.82, 2.24) is 0 Å². The van der Waals surface area contributed by atoms with Gasteiger partial charge < -0.3 is 4.74 Å². The zero-order chi connectivity index (χ0) is 11.2. The molecule has 2 heteroatoms. The minimum Gasteiger partial charge on any atom is -0.374 e. The summed E-state index contributed by atoms with van der Waals surface area (Å²) in [5.74, 6) is 1.88. The van der Waals surface area contributed by atoms with Crippen LogP contribution >= 0.6 is 11.6 Å². The molecule has 0 rings (SSSR count). The lowest BCUT2D eigenvalue weighted by atomic mass is 9.86. The highest BCUT2D eigenvalue weighted by atomic mass is 35.5. The zero-order valence-corrected chi connectivity index (χ0v) is 11.0. The predicted octanol–water partition coefficient (Wildman–Crippen LogP) is 4.09. The van der Waals surface area contributed by atoms with E-state index in [4.69, 9.17) is 16.3 Å².